The highest BCUT2D eigenvalue weighted by molar-refractivity contribution is 5.82. The molecule has 1 aliphatic rings. The number of aromatic hydroxyl groups is 1. The third-order valence-corrected chi connectivity index (χ3v) is 5.70. The average Bonchev–Trinajstić information content (AvgIpc) is 2.77. The van der Waals surface area contributed by atoms with E-state index in [-0.39, 0.29) is 5.75 Å². The minimum absolute atomic E-state index is 0.0872. The van der Waals surface area contributed by atoms with Gasteiger partial charge in [-0.15, -0.1) is 0 Å². The van der Waals surface area contributed by atoms with E-state index in [0.717, 1.165) is 5.56 Å². The molecule has 0 spiro atoms. The highest BCUT2D eigenvalue weighted by atomic mass is 16.5. The SMILES string of the molecule is COc1cccc(C2(C(=O)O)CCN(C(/C=C(\N)c3ccccc3O)=C/N)CC2)c1. The number of ether oxygens (including phenoxy) is 1. The second-order valence-electron chi connectivity index (χ2n) is 7.31. The number of methoxy groups -OCH3 is 1. The van der Waals surface area contributed by atoms with Crippen molar-refractivity contribution in [2.24, 2.45) is 11.5 Å². The first-order chi connectivity index (χ1) is 14.4. The van der Waals surface area contributed by atoms with Crippen LogP contribution in [0.25, 0.3) is 5.70 Å². The number of carbonyl (C=O) groups is 1. The first-order valence-electron chi connectivity index (χ1n) is 9.71. The topological polar surface area (TPSA) is 122 Å². The van der Waals surface area contributed by atoms with Gasteiger partial charge in [0.1, 0.15) is 11.5 Å². The molecule has 1 saturated heterocycles. The highest BCUT2D eigenvalue weighted by Crippen LogP contribution is 2.38. The van der Waals surface area contributed by atoms with Crippen LogP contribution in [-0.2, 0) is 10.2 Å². The van der Waals surface area contributed by atoms with Crippen molar-refractivity contribution in [1.82, 2.24) is 4.90 Å². The van der Waals surface area contributed by atoms with Gasteiger partial charge in [-0.25, -0.2) is 0 Å². The first kappa shape index (κ1) is 21.1. The zero-order valence-corrected chi connectivity index (χ0v) is 16.9. The van der Waals surface area contributed by atoms with Crippen LogP contribution in [-0.4, -0.2) is 41.3 Å². The number of phenolic OH excluding ortho intramolecular Hbond substituents is 1. The Labute approximate surface area is 175 Å². The van der Waals surface area contributed by atoms with Crippen molar-refractivity contribution in [3.8, 4) is 11.5 Å². The number of para-hydroxylation sites is 1. The number of nitrogens with zero attached hydrogens (tertiary/aromatic N) is 1. The van der Waals surface area contributed by atoms with Crippen LogP contribution in [0.1, 0.15) is 24.0 Å². The molecule has 7 heteroatoms. The number of nitrogens with two attached hydrogens (primary N) is 2. The fourth-order valence-corrected chi connectivity index (χ4v) is 3.89. The molecule has 1 aliphatic heterocycles. The van der Waals surface area contributed by atoms with Crippen LogP contribution in [0.4, 0.5) is 0 Å². The van der Waals surface area contributed by atoms with Gasteiger partial charge in [0.2, 0.25) is 0 Å². The number of hydrogen-bond donors (Lipinski definition) is 4. The molecule has 3 rings (SSSR count). The fraction of sp³-hybridized carbons (Fsp3) is 0.261. The summed E-state index contributed by atoms with van der Waals surface area (Å²) in [4.78, 5) is 14.3. The third kappa shape index (κ3) is 4.05. The van der Waals surface area contributed by atoms with Crippen LogP contribution >= 0.6 is 0 Å². The fourth-order valence-electron chi connectivity index (χ4n) is 3.89. The molecule has 1 heterocycles. The molecule has 0 aromatic heterocycles. The van der Waals surface area contributed by atoms with Crippen molar-refractivity contribution in [3.05, 3.63) is 77.6 Å². The molecule has 0 aliphatic carbocycles. The zero-order valence-electron chi connectivity index (χ0n) is 16.9. The predicted octanol–water partition coefficient (Wildman–Crippen LogP) is 2.62. The van der Waals surface area contributed by atoms with Gasteiger partial charge < -0.3 is 31.3 Å². The summed E-state index contributed by atoms with van der Waals surface area (Å²) >= 11 is 0. The summed E-state index contributed by atoms with van der Waals surface area (Å²) in [6.45, 7) is 0.994. The van der Waals surface area contributed by atoms with E-state index in [9.17, 15) is 15.0 Å². The van der Waals surface area contributed by atoms with Gasteiger partial charge in [-0.1, -0.05) is 24.3 Å². The van der Waals surface area contributed by atoms with E-state index in [2.05, 4.69) is 0 Å². The highest BCUT2D eigenvalue weighted by Gasteiger charge is 2.43. The van der Waals surface area contributed by atoms with Crippen LogP contribution < -0.4 is 16.2 Å². The molecule has 0 radical (unpaired) electrons. The molecule has 0 atom stereocenters. The number of phenols is 1. The Morgan fingerprint density at radius 1 is 1.17 bits per heavy atom. The quantitative estimate of drug-likeness (QED) is 0.541. The second kappa shape index (κ2) is 8.82. The summed E-state index contributed by atoms with van der Waals surface area (Å²) in [5, 5.41) is 20.1. The number of likely N-dealkylation sites (tertiary alicyclic amines) is 1. The smallest absolute Gasteiger partial charge is 0.314 e. The maximum absolute atomic E-state index is 12.3. The lowest BCUT2D eigenvalue weighted by Crippen LogP contribution is -2.47. The lowest BCUT2D eigenvalue weighted by Gasteiger charge is -2.40. The summed E-state index contributed by atoms with van der Waals surface area (Å²) in [6.07, 6.45) is 3.98. The van der Waals surface area contributed by atoms with Gasteiger partial charge in [-0.05, 0) is 48.7 Å². The van der Waals surface area contributed by atoms with E-state index in [1.54, 1.807) is 49.6 Å². The number of aliphatic carboxylic acids is 1. The van der Waals surface area contributed by atoms with Crippen LogP contribution in [0.3, 0.4) is 0 Å². The van der Waals surface area contributed by atoms with Gasteiger partial charge in [0.25, 0.3) is 0 Å². The van der Waals surface area contributed by atoms with E-state index in [0.29, 0.717) is 48.6 Å². The lowest BCUT2D eigenvalue weighted by molar-refractivity contribution is -0.145. The van der Waals surface area contributed by atoms with Gasteiger partial charge in [0, 0.05) is 30.5 Å². The number of benzene rings is 2. The van der Waals surface area contributed by atoms with Gasteiger partial charge in [0.15, 0.2) is 0 Å². The number of piperidine rings is 1. The second-order valence-corrected chi connectivity index (χ2v) is 7.31. The largest absolute Gasteiger partial charge is 0.507 e. The molecular weight excluding hydrogens is 382 g/mol. The van der Waals surface area contributed by atoms with E-state index in [4.69, 9.17) is 16.2 Å². The molecule has 6 N–H and O–H groups in total. The maximum Gasteiger partial charge on any atom is 0.314 e. The summed E-state index contributed by atoms with van der Waals surface area (Å²) < 4.78 is 5.27. The van der Waals surface area contributed by atoms with Crippen molar-refractivity contribution in [2.75, 3.05) is 20.2 Å². The van der Waals surface area contributed by atoms with E-state index in [1.807, 2.05) is 17.0 Å². The first-order valence-corrected chi connectivity index (χ1v) is 9.71. The monoisotopic (exact) mass is 409 g/mol. The molecule has 2 aromatic rings. The summed E-state index contributed by atoms with van der Waals surface area (Å²) in [6, 6.07) is 14.0. The molecule has 7 nitrogen and oxygen atoms in total. The zero-order chi connectivity index (χ0) is 21.7. The number of carboxylic acids is 1. The molecule has 0 amide bonds. The maximum atomic E-state index is 12.3. The Morgan fingerprint density at radius 2 is 1.87 bits per heavy atom. The number of carboxylic acid groups (broad SMARTS) is 1. The van der Waals surface area contributed by atoms with Crippen LogP contribution in [0.5, 0.6) is 11.5 Å². The van der Waals surface area contributed by atoms with Crippen molar-refractivity contribution < 1.29 is 19.7 Å². The minimum Gasteiger partial charge on any atom is -0.507 e. The molecule has 0 saturated carbocycles. The Hall–Kier alpha value is -3.61. The van der Waals surface area contributed by atoms with Gasteiger partial charge in [-0.3, -0.25) is 4.79 Å². The van der Waals surface area contributed by atoms with Gasteiger partial charge >= 0.3 is 5.97 Å². The van der Waals surface area contributed by atoms with Crippen molar-refractivity contribution in [3.63, 3.8) is 0 Å². The lowest BCUT2D eigenvalue weighted by atomic mass is 9.72. The van der Waals surface area contributed by atoms with Gasteiger partial charge in [0.05, 0.1) is 18.2 Å². The molecule has 30 heavy (non-hydrogen) atoms. The Balaban J connectivity index is 1.82. The average molecular weight is 409 g/mol. The summed E-state index contributed by atoms with van der Waals surface area (Å²) in [5.74, 6) is -0.126. The van der Waals surface area contributed by atoms with Crippen LogP contribution in [0, 0.1) is 0 Å². The Kier molecular flexibility index (Phi) is 6.20. The molecule has 0 bridgehead atoms. The molecule has 158 valence electrons. The number of hydrogen-bond acceptors (Lipinski definition) is 6. The molecule has 1 fully saturated rings. The molecular formula is C23H27N3O4. The van der Waals surface area contributed by atoms with Crippen molar-refractivity contribution in [2.45, 2.75) is 18.3 Å². The van der Waals surface area contributed by atoms with Crippen LogP contribution in [0.2, 0.25) is 0 Å². The van der Waals surface area contributed by atoms with Crippen molar-refractivity contribution >= 4 is 11.7 Å². The normalized spacial score (nSPS) is 16.9. The Bertz CT molecular complexity index is 976. The number of allylic oxidation sites excluding steroid dienone is 1. The summed E-state index contributed by atoms with van der Waals surface area (Å²) in [5.41, 5.74) is 13.3. The Morgan fingerprint density at radius 3 is 2.47 bits per heavy atom. The van der Waals surface area contributed by atoms with E-state index >= 15 is 0 Å². The van der Waals surface area contributed by atoms with Crippen LogP contribution in [0.15, 0.2) is 66.5 Å². The standard InChI is InChI=1S/C23H27N3O4/c1-30-18-6-4-5-16(13-18)23(22(28)29)9-11-26(12-10-23)17(15-24)14-20(25)19-7-2-3-8-21(19)27/h2-8,13-15,27H,9-12,24-25H2,1H3,(H,28,29)/b17-15+,20-14-. The third-order valence-electron chi connectivity index (χ3n) is 5.70. The summed E-state index contributed by atoms with van der Waals surface area (Å²) in [7, 11) is 1.56. The minimum atomic E-state index is -0.988. The van der Waals surface area contributed by atoms with Gasteiger partial charge in [-0.2, -0.15) is 0 Å². The molecule has 2 aromatic carbocycles. The van der Waals surface area contributed by atoms with E-state index in [1.165, 1.54) is 6.20 Å². The predicted molar refractivity (Wildman–Crippen MR) is 116 cm³/mol. The molecule has 0 unspecified atom stereocenters. The van der Waals surface area contributed by atoms with E-state index < -0.39 is 11.4 Å². The van der Waals surface area contributed by atoms with Crippen molar-refractivity contribution in [1.29, 1.82) is 0 Å². The number of rotatable bonds is 6.